The Kier molecular flexibility index (Phi) is 6.22. The molecule has 1 aliphatic heterocycles. The molecule has 2 heterocycles. The second-order valence-electron chi connectivity index (χ2n) is 6.55. The molecule has 1 aromatic heterocycles. The van der Waals surface area contributed by atoms with Crippen LogP contribution in [0, 0.1) is 0 Å². The Morgan fingerprint density at radius 2 is 1.70 bits per heavy atom. The summed E-state index contributed by atoms with van der Waals surface area (Å²) < 4.78 is 58.4. The summed E-state index contributed by atoms with van der Waals surface area (Å²) in [7, 11) is 4.41. The fraction of sp³-hybridized carbons (Fsp3) is 0.500. The van der Waals surface area contributed by atoms with Gasteiger partial charge in [-0.25, -0.2) is 4.79 Å². The molecule has 9 nitrogen and oxygen atoms in total. The Labute approximate surface area is 170 Å². The highest BCUT2D eigenvalue weighted by molar-refractivity contribution is 5.90. The molecule has 1 saturated heterocycles. The maximum atomic E-state index is 12.6. The molecule has 2 aromatic rings. The summed E-state index contributed by atoms with van der Waals surface area (Å²) in [6.07, 6.45) is -3.86. The highest BCUT2D eigenvalue weighted by Crippen LogP contribution is 2.40. The van der Waals surface area contributed by atoms with E-state index >= 15 is 0 Å². The minimum Gasteiger partial charge on any atom is -0.493 e. The van der Waals surface area contributed by atoms with Crippen LogP contribution in [0.4, 0.5) is 23.7 Å². The van der Waals surface area contributed by atoms with Crippen molar-refractivity contribution >= 4 is 11.7 Å². The van der Waals surface area contributed by atoms with E-state index < -0.39 is 12.1 Å². The Bertz CT molecular complexity index is 869. The molecule has 0 aliphatic carbocycles. The Hall–Kier alpha value is -3.18. The normalized spacial score (nSPS) is 15.1. The van der Waals surface area contributed by atoms with E-state index in [9.17, 15) is 18.0 Å². The van der Waals surface area contributed by atoms with Gasteiger partial charge in [-0.2, -0.15) is 13.2 Å². The number of rotatable bonds is 5. The molecule has 0 unspecified atom stereocenters. The summed E-state index contributed by atoms with van der Waals surface area (Å²) in [5, 5.41) is 9.32. The number of ether oxygens (including phenoxy) is 3. The second kappa shape index (κ2) is 8.67. The molecular formula is C18H21F3N4O5. The van der Waals surface area contributed by atoms with Crippen LogP contribution in [-0.4, -0.2) is 55.5 Å². The Balaban J connectivity index is 1.63. The van der Waals surface area contributed by atoms with Gasteiger partial charge in [-0.05, 0) is 12.8 Å². The van der Waals surface area contributed by atoms with E-state index in [1.165, 1.54) is 21.3 Å². The van der Waals surface area contributed by atoms with E-state index in [0.29, 0.717) is 48.9 Å². The van der Waals surface area contributed by atoms with Crippen LogP contribution in [0.15, 0.2) is 16.5 Å². The number of piperidine rings is 1. The molecule has 1 aliphatic rings. The number of aromatic nitrogens is 2. The van der Waals surface area contributed by atoms with Crippen molar-refractivity contribution in [1.82, 2.24) is 15.1 Å². The lowest BCUT2D eigenvalue weighted by Crippen LogP contribution is -2.40. The van der Waals surface area contributed by atoms with Gasteiger partial charge in [0.25, 0.3) is 0 Å². The molecule has 1 N–H and O–H groups in total. The number of hydrogen-bond acceptors (Lipinski definition) is 7. The monoisotopic (exact) mass is 430 g/mol. The van der Waals surface area contributed by atoms with E-state index in [0.717, 1.165) is 0 Å². The fourth-order valence-corrected chi connectivity index (χ4v) is 3.20. The molecular weight excluding hydrogens is 409 g/mol. The number of anilines is 1. The van der Waals surface area contributed by atoms with Gasteiger partial charge in [0.2, 0.25) is 11.6 Å². The number of likely N-dealkylation sites (tertiary alicyclic amines) is 1. The van der Waals surface area contributed by atoms with E-state index in [2.05, 4.69) is 15.5 Å². The minimum atomic E-state index is -4.67. The Morgan fingerprint density at radius 3 is 2.17 bits per heavy atom. The lowest BCUT2D eigenvalue weighted by atomic mass is 9.97. The molecule has 2 amide bonds. The average Bonchev–Trinajstić information content (AvgIpc) is 3.24. The second-order valence-corrected chi connectivity index (χ2v) is 6.55. The molecule has 3 rings (SSSR count). The van der Waals surface area contributed by atoms with Crippen LogP contribution >= 0.6 is 0 Å². The lowest BCUT2D eigenvalue weighted by molar-refractivity contribution is -0.157. The Morgan fingerprint density at radius 1 is 1.10 bits per heavy atom. The molecule has 0 saturated carbocycles. The fourth-order valence-electron chi connectivity index (χ4n) is 3.20. The number of nitrogens with zero attached hydrogens (tertiary/aromatic N) is 3. The van der Waals surface area contributed by atoms with Gasteiger partial charge in [-0.1, -0.05) is 0 Å². The highest BCUT2D eigenvalue weighted by atomic mass is 19.4. The average molecular weight is 430 g/mol. The first kappa shape index (κ1) is 21.5. The SMILES string of the molecule is COc1cc(NC(=O)N2CCC(c3nnc(C(F)(F)F)o3)CC2)cc(OC)c1OC. The molecule has 0 atom stereocenters. The van der Waals surface area contributed by atoms with Crippen LogP contribution in [0.1, 0.15) is 30.5 Å². The first-order chi connectivity index (χ1) is 14.3. The number of urea groups is 1. The van der Waals surface area contributed by atoms with E-state index in [-0.39, 0.29) is 17.8 Å². The molecule has 12 heteroatoms. The topological polar surface area (TPSA) is 99.0 Å². The van der Waals surface area contributed by atoms with Gasteiger partial charge >= 0.3 is 18.1 Å². The van der Waals surface area contributed by atoms with Crippen molar-refractivity contribution < 1.29 is 36.6 Å². The van der Waals surface area contributed by atoms with Gasteiger partial charge in [0.05, 0.1) is 27.0 Å². The smallest absolute Gasteiger partial charge is 0.470 e. The molecule has 0 bridgehead atoms. The molecule has 30 heavy (non-hydrogen) atoms. The number of halogens is 3. The van der Waals surface area contributed by atoms with Crippen molar-refractivity contribution in [3.63, 3.8) is 0 Å². The van der Waals surface area contributed by atoms with Gasteiger partial charge in [0, 0.05) is 31.1 Å². The largest absolute Gasteiger partial charge is 0.493 e. The van der Waals surface area contributed by atoms with Crippen molar-refractivity contribution in [2.45, 2.75) is 24.9 Å². The number of hydrogen-bond donors (Lipinski definition) is 1. The van der Waals surface area contributed by atoms with Crippen LogP contribution < -0.4 is 19.5 Å². The zero-order valence-corrected chi connectivity index (χ0v) is 16.6. The first-order valence-electron chi connectivity index (χ1n) is 9.03. The molecule has 1 aromatic carbocycles. The van der Waals surface area contributed by atoms with Crippen molar-refractivity contribution in [2.75, 3.05) is 39.7 Å². The third kappa shape index (κ3) is 4.52. The molecule has 0 radical (unpaired) electrons. The van der Waals surface area contributed by atoms with Crippen LogP contribution in [0.25, 0.3) is 0 Å². The number of amides is 2. The van der Waals surface area contributed by atoms with Crippen LogP contribution in [-0.2, 0) is 6.18 Å². The molecule has 0 spiro atoms. The van der Waals surface area contributed by atoms with Gasteiger partial charge in [0.15, 0.2) is 11.5 Å². The van der Waals surface area contributed by atoms with E-state index in [1.807, 2.05) is 0 Å². The first-order valence-corrected chi connectivity index (χ1v) is 9.03. The van der Waals surface area contributed by atoms with Crippen molar-refractivity contribution in [3.05, 3.63) is 23.9 Å². The third-order valence-electron chi connectivity index (χ3n) is 4.73. The molecule has 164 valence electrons. The standard InChI is InChI=1S/C18H21F3N4O5/c1-27-12-8-11(9-13(28-2)14(12)29-3)22-17(26)25-6-4-10(5-7-25)15-23-24-16(30-15)18(19,20)21/h8-10H,4-7H2,1-3H3,(H,22,26). The summed E-state index contributed by atoms with van der Waals surface area (Å²) in [5.74, 6) is -0.576. The predicted octanol–water partition coefficient (Wildman–Crippen LogP) is 3.53. The van der Waals surface area contributed by atoms with Gasteiger partial charge in [-0.3, -0.25) is 0 Å². The summed E-state index contributed by atoms with van der Waals surface area (Å²) in [4.78, 5) is 14.2. The number of nitrogens with one attached hydrogen (secondary N) is 1. The molecule has 1 fully saturated rings. The lowest BCUT2D eigenvalue weighted by Gasteiger charge is -2.30. The zero-order valence-electron chi connectivity index (χ0n) is 16.6. The zero-order chi connectivity index (χ0) is 21.9. The number of carbonyl (C=O) groups is 1. The summed E-state index contributed by atoms with van der Waals surface area (Å²) in [6.45, 7) is 0.648. The maximum absolute atomic E-state index is 12.6. The van der Waals surface area contributed by atoms with Crippen molar-refractivity contribution in [3.8, 4) is 17.2 Å². The van der Waals surface area contributed by atoms with E-state index in [4.69, 9.17) is 18.6 Å². The highest BCUT2D eigenvalue weighted by Gasteiger charge is 2.39. The maximum Gasteiger partial charge on any atom is 0.470 e. The van der Waals surface area contributed by atoms with Crippen LogP contribution in [0.2, 0.25) is 0 Å². The number of alkyl halides is 3. The number of benzene rings is 1. The van der Waals surface area contributed by atoms with Crippen molar-refractivity contribution in [1.29, 1.82) is 0 Å². The minimum absolute atomic E-state index is 0.0630. The number of methoxy groups -OCH3 is 3. The summed E-state index contributed by atoms with van der Waals surface area (Å²) in [5.41, 5.74) is 0.448. The van der Waals surface area contributed by atoms with Crippen LogP contribution in [0.3, 0.4) is 0 Å². The van der Waals surface area contributed by atoms with Gasteiger partial charge in [-0.15, -0.1) is 10.2 Å². The van der Waals surface area contributed by atoms with Gasteiger partial charge in [0.1, 0.15) is 0 Å². The number of carbonyl (C=O) groups excluding carboxylic acids is 1. The predicted molar refractivity (Wildman–Crippen MR) is 98.0 cm³/mol. The summed E-state index contributed by atoms with van der Waals surface area (Å²) in [6, 6.07) is 2.84. The van der Waals surface area contributed by atoms with Gasteiger partial charge < -0.3 is 28.8 Å². The van der Waals surface area contributed by atoms with E-state index in [1.54, 1.807) is 17.0 Å². The quantitative estimate of drug-likeness (QED) is 0.775. The third-order valence-corrected chi connectivity index (χ3v) is 4.73. The summed E-state index contributed by atoms with van der Waals surface area (Å²) >= 11 is 0. The van der Waals surface area contributed by atoms with Crippen molar-refractivity contribution in [2.24, 2.45) is 0 Å². The van der Waals surface area contributed by atoms with Crippen LogP contribution in [0.5, 0.6) is 17.2 Å².